The van der Waals surface area contributed by atoms with Gasteiger partial charge in [0.15, 0.2) is 0 Å². The lowest BCUT2D eigenvalue weighted by Crippen LogP contribution is -2.15. The molecule has 2 N–H and O–H groups in total. The van der Waals surface area contributed by atoms with Crippen LogP contribution in [0.15, 0.2) is 47.4 Å². The molecule has 1 aliphatic heterocycles. The maximum atomic E-state index is 5.87. The van der Waals surface area contributed by atoms with E-state index in [1.54, 1.807) is 0 Å². The summed E-state index contributed by atoms with van der Waals surface area (Å²) in [4.78, 5) is 1.29. The highest BCUT2D eigenvalue weighted by atomic mass is 32.2. The van der Waals surface area contributed by atoms with Gasteiger partial charge in [-0.3, -0.25) is 0 Å². The predicted octanol–water partition coefficient (Wildman–Crippen LogP) is 4.24. The molecule has 0 bridgehead atoms. The second-order valence-corrected chi connectivity index (χ2v) is 6.29. The summed E-state index contributed by atoms with van der Waals surface area (Å²) in [6.07, 6.45) is 1.10. The first-order chi connectivity index (χ1) is 9.74. The molecule has 0 aliphatic carbocycles. The van der Waals surface area contributed by atoms with Crippen molar-refractivity contribution in [3.63, 3.8) is 0 Å². The van der Waals surface area contributed by atoms with Gasteiger partial charge in [-0.05, 0) is 48.7 Å². The van der Waals surface area contributed by atoms with Crippen LogP contribution in [0.1, 0.15) is 23.5 Å². The van der Waals surface area contributed by atoms with Gasteiger partial charge in [0.25, 0.3) is 0 Å². The average molecular weight is 285 g/mol. The van der Waals surface area contributed by atoms with Crippen LogP contribution in [0.2, 0.25) is 0 Å². The number of nitrogen functional groups attached to an aromatic ring is 1. The summed E-state index contributed by atoms with van der Waals surface area (Å²) in [6.45, 7) is 2.88. The van der Waals surface area contributed by atoms with Crippen LogP contribution in [0.4, 0.5) is 5.69 Å². The van der Waals surface area contributed by atoms with E-state index < -0.39 is 0 Å². The Morgan fingerprint density at radius 3 is 2.95 bits per heavy atom. The molecule has 1 atom stereocenters. The second kappa shape index (κ2) is 5.80. The van der Waals surface area contributed by atoms with Crippen LogP contribution in [0.5, 0.6) is 5.75 Å². The van der Waals surface area contributed by atoms with Gasteiger partial charge in [0.1, 0.15) is 5.75 Å². The van der Waals surface area contributed by atoms with E-state index in [1.807, 2.05) is 23.9 Å². The SMILES string of the molecule is Cc1cc(SCC2CCOc3ccccc32)ccc1N. The molecule has 2 aromatic rings. The van der Waals surface area contributed by atoms with E-state index in [0.29, 0.717) is 5.92 Å². The van der Waals surface area contributed by atoms with Crippen molar-refractivity contribution in [3.8, 4) is 5.75 Å². The maximum absolute atomic E-state index is 5.87. The fourth-order valence-corrected chi connectivity index (χ4v) is 3.69. The monoisotopic (exact) mass is 285 g/mol. The normalized spacial score (nSPS) is 17.4. The zero-order valence-corrected chi connectivity index (χ0v) is 12.5. The van der Waals surface area contributed by atoms with E-state index in [-0.39, 0.29) is 0 Å². The van der Waals surface area contributed by atoms with Crippen LogP contribution in [0, 0.1) is 6.92 Å². The molecule has 0 saturated carbocycles. The van der Waals surface area contributed by atoms with Crippen LogP contribution in [-0.4, -0.2) is 12.4 Å². The molecule has 1 unspecified atom stereocenters. The third kappa shape index (κ3) is 2.78. The standard InChI is InChI=1S/C17H19NOS/c1-12-10-14(6-7-16(12)18)20-11-13-8-9-19-17-5-3-2-4-15(13)17/h2-7,10,13H,8-9,11,18H2,1H3. The molecule has 0 spiro atoms. The van der Waals surface area contributed by atoms with Crippen molar-refractivity contribution in [3.05, 3.63) is 53.6 Å². The lowest BCUT2D eigenvalue weighted by Gasteiger charge is -2.25. The minimum atomic E-state index is 0.572. The topological polar surface area (TPSA) is 35.2 Å². The van der Waals surface area contributed by atoms with Gasteiger partial charge in [0.05, 0.1) is 6.61 Å². The predicted molar refractivity (Wildman–Crippen MR) is 85.6 cm³/mol. The Morgan fingerprint density at radius 2 is 2.10 bits per heavy atom. The molecule has 2 nitrogen and oxygen atoms in total. The molecule has 104 valence electrons. The highest BCUT2D eigenvalue weighted by molar-refractivity contribution is 7.99. The summed E-state index contributed by atoms with van der Waals surface area (Å²) in [5.41, 5.74) is 9.23. The van der Waals surface area contributed by atoms with Crippen LogP contribution in [0.25, 0.3) is 0 Å². The number of fused-ring (bicyclic) bond motifs is 1. The highest BCUT2D eigenvalue weighted by Crippen LogP contribution is 2.37. The molecule has 0 radical (unpaired) electrons. The molecule has 2 aromatic carbocycles. The zero-order valence-electron chi connectivity index (χ0n) is 11.6. The summed E-state index contributed by atoms with van der Waals surface area (Å²) in [6, 6.07) is 14.7. The number of thioether (sulfide) groups is 1. The van der Waals surface area contributed by atoms with Crippen molar-refractivity contribution in [2.24, 2.45) is 0 Å². The van der Waals surface area contributed by atoms with Crippen molar-refractivity contribution in [1.29, 1.82) is 0 Å². The van der Waals surface area contributed by atoms with Crippen molar-refractivity contribution >= 4 is 17.4 Å². The first-order valence-electron chi connectivity index (χ1n) is 6.94. The number of hydrogen-bond donors (Lipinski definition) is 1. The Hall–Kier alpha value is -1.61. The molecule has 1 heterocycles. The Kier molecular flexibility index (Phi) is 3.88. The molecule has 0 amide bonds. The largest absolute Gasteiger partial charge is 0.493 e. The van der Waals surface area contributed by atoms with Gasteiger partial charge in [-0.2, -0.15) is 0 Å². The summed E-state index contributed by atoms with van der Waals surface area (Å²) in [7, 11) is 0. The molecular formula is C17H19NOS. The molecule has 3 heteroatoms. The fourth-order valence-electron chi connectivity index (χ4n) is 2.52. The van der Waals surface area contributed by atoms with E-state index in [2.05, 4.69) is 37.3 Å². The summed E-state index contributed by atoms with van der Waals surface area (Å²) in [5, 5.41) is 0. The fraction of sp³-hybridized carbons (Fsp3) is 0.294. The van der Waals surface area contributed by atoms with Gasteiger partial charge in [0, 0.05) is 22.3 Å². The Bertz CT molecular complexity index is 612. The average Bonchev–Trinajstić information content (AvgIpc) is 2.48. The maximum Gasteiger partial charge on any atom is 0.122 e. The Balaban J connectivity index is 1.71. The number of para-hydroxylation sites is 1. The van der Waals surface area contributed by atoms with E-state index in [0.717, 1.165) is 35.8 Å². The van der Waals surface area contributed by atoms with E-state index in [9.17, 15) is 0 Å². The van der Waals surface area contributed by atoms with Crippen molar-refractivity contribution < 1.29 is 4.74 Å². The summed E-state index contributed by atoms with van der Waals surface area (Å²) >= 11 is 1.90. The molecule has 0 aromatic heterocycles. The van der Waals surface area contributed by atoms with Gasteiger partial charge in [-0.1, -0.05) is 18.2 Å². The number of benzene rings is 2. The minimum absolute atomic E-state index is 0.572. The molecule has 3 rings (SSSR count). The molecular weight excluding hydrogens is 266 g/mol. The van der Waals surface area contributed by atoms with Crippen LogP contribution in [-0.2, 0) is 0 Å². The lowest BCUT2D eigenvalue weighted by molar-refractivity contribution is 0.273. The second-order valence-electron chi connectivity index (χ2n) is 5.20. The van der Waals surface area contributed by atoms with Gasteiger partial charge < -0.3 is 10.5 Å². The molecule has 0 saturated heterocycles. The quantitative estimate of drug-likeness (QED) is 0.677. The third-order valence-corrected chi connectivity index (χ3v) is 4.93. The molecule has 1 aliphatic rings. The van der Waals surface area contributed by atoms with Crippen LogP contribution in [0.3, 0.4) is 0 Å². The third-order valence-electron chi connectivity index (χ3n) is 3.78. The van der Waals surface area contributed by atoms with Crippen molar-refractivity contribution in [2.45, 2.75) is 24.2 Å². The summed E-state index contributed by atoms with van der Waals surface area (Å²) < 4.78 is 5.71. The first kappa shape index (κ1) is 13.4. The van der Waals surface area contributed by atoms with Crippen LogP contribution < -0.4 is 10.5 Å². The molecule has 20 heavy (non-hydrogen) atoms. The number of hydrogen-bond acceptors (Lipinski definition) is 3. The summed E-state index contributed by atoms with van der Waals surface area (Å²) in [5.74, 6) is 2.71. The van der Waals surface area contributed by atoms with Gasteiger partial charge in [-0.25, -0.2) is 0 Å². The minimum Gasteiger partial charge on any atom is -0.493 e. The highest BCUT2D eigenvalue weighted by Gasteiger charge is 2.20. The lowest BCUT2D eigenvalue weighted by atomic mass is 9.95. The van der Waals surface area contributed by atoms with Gasteiger partial charge in [-0.15, -0.1) is 11.8 Å². The smallest absolute Gasteiger partial charge is 0.122 e. The van der Waals surface area contributed by atoms with Crippen molar-refractivity contribution in [2.75, 3.05) is 18.1 Å². The van der Waals surface area contributed by atoms with E-state index in [1.165, 1.54) is 10.5 Å². The number of nitrogens with two attached hydrogens (primary N) is 1. The van der Waals surface area contributed by atoms with Crippen molar-refractivity contribution in [1.82, 2.24) is 0 Å². The van der Waals surface area contributed by atoms with Gasteiger partial charge in [0.2, 0.25) is 0 Å². The Morgan fingerprint density at radius 1 is 1.25 bits per heavy atom. The van der Waals surface area contributed by atoms with Gasteiger partial charge >= 0.3 is 0 Å². The number of ether oxygens (including phenoxy) is 1. The first-order valence-corrected chi connectivity index (χ1v) is 7.93. The molecule has 0 fully saturated rings. The number of rotatable bonds is 3. The Labute approximate surface area is 124 Å². The number of aryl methyl sites for hydroxylation is 1. The van der Waals surface area contributed by atoms with E-state index in [4.69, 9.17) is 10.5 Å². The zero-order chi connectivity index (χ0) is 13.9. The van der Waals surface area contributed by atoms with E-state index >= 15 is 0 Å². The van der Waals surface area contributed by atoms with Crippen LogP contribution >= 0.6 is 11.8 Å². The number of anilines is 1.